The average molecular weight is 477 g/mol. The first-order valence-electron chi connectivity index (χ1n) is 12.2. The highest BCUT2D eigenvalue weighted by Crippen LogP contribution is 2.31. The summed E-state index contributed by atoms with van der Waals surface area (Å²) < 4.78 is 10.5. The van der Waals surface area contributed by atoms with Crippen LogP contribution in [0.3, 0.4) is 0 Å². The van der Waals surface area contributed by atoms with E-state index in [-0.39, 0.29) is 16.7 Å². The molecule has 0 saturated carbocycles. The third-order valence-corrected chi connectivity index (χ3v) is 8.90. The van der Waals surface area contributed by atoms with Crippen molar-refractivity contribution < 1.29 is 4.74 Å². The van der Waals surface area contributed by atoms with Gasteiger partial charge in [-0.2, -0.15) is 4.98 Å². The number of rotatable bonds is 4. The summed E-state index contributed by atoms with van der Waals surface area (Å²) in [4.78, 5) is 16.2. The lowest BCUT2D eigenvalue weighted by atomic mass is 10.1. The van der Waals surface area contributed by atoms with Crippen LogP contribution in [0.5, 0.6) is 0 Å². The molecule has 2 aromatic carbocycles. The van der Waals surface area contributed by atoms with Crippen molar-refractivity contribution in [1.29, 1.82) is 0 Å². The van der Waals surface area contributed by atoms with E-state index in [1.807, 2.05) is 0 Å². The summed E-state index contributed by atoms with van der Waals surface area (Å²) in [5.74, 6) is 3.40. The molecule has 0 aliphatic carbocycles. The smallest absolute Gasteiger partial charge is 0.228 e. The van der Waals surface area contributed by atoms with E-state index in [0.717, 1.165) is 80.8 Å². The third-order valence-electron chi connectivity index (χ3n) is 6.96. The van der Waals surface area contributed by atoms with Gasteiger partial charge < -0.3 is 20.3 Å². The Morgan fingerprint density at radius 2 is 2.00 bits per heavy atom. The first kappa shape index (κ1) is 21.9. The van der Waals surface area contributed by atoms with E-state index in [1.54, 1.807) is 0 Å². The van der Waals surface area contributed by atoms with Crippen LogP contribution < -0.4 is 15.5 Å². The Labute approximate surface area is 203 Å². The van der Waals surface area contributed by atoms with Crippen molar-refractivity contribution in [3.8, 4) is 0 Å². The molecule has 3 aromatic rings. The molecule has 0 spiro atoms. The van der Waals surface area contributed by atoms with Gasteiger partial charge in [-0.3, -0.25) is 4.36 Å². The van der Waals surface area contributed by atoms with E-state index in [0.29, 0.717) is 5.92 Å². The van der Waals surface area contributed by atoms with Crippen molar-refractivity contribution >= 4 is 33.4 Å². The normalized spacial score (nSPS) is 23.2. The molecular formula is C26H32N6OS. The molecule has 1 unspecified atom stereocenters. The van der Waals surface area contributed by atoms with Crippen molar-refractivity contribution in [3.05, 3.63) is 53.6 Å². The quantitative estimate of drug-likeness (QED) is 0.622. The second-order valence-corrected chi connectivity index (χ2v) is 11.5. The largest absolute Gasteiger partial charge is 0.381 e. The Morgan fingerprint density at radius 3 is 2.79 bits per heavy atom. The van der Waals surface area contributed by atoms with Gasteiger partial charge >= 0.3 is 0 Å². The van der Waals surface area contributed by atoms with Crippen molar-refractivity contribution in [2.75, 3.05) is 54.9 Å². The van der Waals surface area contributed by atoms with Gasteiger partial charge in [-0.15, -0.1) is 0 Å². The highest BCUT2D eigenvalue weighted by atomic mass is 32.2. The molecule has 2 fully saturated rings. The number of hydrogen-bond donors (Lipinski definition) is 1. The Bertz CT molecular complexity index is 1240. The Morgan fingerprint density at radius 1 is 1.12 bits per heavy atom. The van der Waals surface area contributed by atoms with Gasteiger partial charge in [0.1, 0.15) is 5.82 Å². The third kappa shape index (κ3) is 4.30. The SMILES string of the molecule is Cc1ccc2nc(N3CCS(=NCC4COC4)c4ccccc4C3)nc(N3CC[C@@H](N)C3)c2c1. The number of nitrogens with zero attached hydrogens (tertiary/aromatic N) is 5. The summed E-state index contributed by atoms with van der Waals surface area (Å²) >= 11 is 0. The maximum atomic E-state index is 6.26. The topological polar surface area (TPSA) is 79.9 Å². The van der Waals surface area contributed by atoms with E-state index < -0.39 is 0 Å². The molecule has 1 aromatic heterocycles. The maximum Gasteiger partial charge on any atom is 0.228 e. The molecule has 2 atom stereocenters. The molecule has 34 heavy (non-hydrogen) atoms. The lowest BCUT2D eigenvalue weighted by Crippen LogP contribution is -2.30. The lowest BCUT2D eigenvalue weighted by Gasteiger charge is -2.25. The highest BCUT2D eigenvalue weighted by Gasteiger charge is 2.26. The van der Waals surface area contributed by atoms with Crippen LogP contribution in [-0.4, -0.2) is 61.2 Å². The van der Waals surface area contributed by atoms with Crippen LogP contribution in [0.1, 0.15) is 17.5 Å². The zero-order valence-electron chi connectivity index (χ0n) is 19.7. The van der Waals surface area contributed by atoms with E-state index in [4.69, 9.17) is 24.8 Å². The molecule has 2 saturated heterocycles. The number of aryl methyl sites for hydroxylation is 1. The van der Waals surface area contributed by atoms with Gasteiger partial charge in [0.25, 0.3) is 0 Å². The Balaban J connectivity index is 1.37. The second kappa shape index (κ2) is 9.24. The summed E-state index contributed by atoms with van der Waals surface area (Å²) in [6, 6.07) is 15.4. The van der Waals surface area contributed by atoms with Crippen molar-refractivity contribution in [2.24, 2.45) is 16.0 Å². The Kier molecular flexibility index (Phi) is 5.97. The van der Waals surface area contributed by atoms with Crippen LogP contribution in [0.25, 0.3) is 10.9 Å². The lowest BCUT2D eigenvalue weighted by molar-refractivity contribution is -0.0263. The number of ether oxygens (including phenoxy) is 1. The van der Waals surface area contributed by atoms with Gasteiger partial charge in [0.2, 0.25) is 5.95 Å². The molecular weight excluding hydrogens is 444 g/mol. The molecule has 178 valence electrons. The van der Waals surface area contributed by atoms with E-state index in [9.17, 15) is 0 Å². The van der Waals surface area contributed by atoms with Crippen LogP contribution in [0.15, 0.2) is 51.7 Å². The van der Waals surface area contributed by atoms with E-state index in [1.165, 1.54) is 16.0 Å². The fourth-order valence-electron chi connectivity index (χ4n) is 4.92. The first-order chi connectivity index (χ1) is 16.6. The van der Waals surface area contributed by atoms with Gasteiger partial charge in [0.15, 0.2) is 0 Å². The molecule has 7 nitrogen and oxygen atoms in total. The number of benzene rings is 2. The molecule has 3 aliphatic heterocycles. The predicted octanol–water partition coefficient (Wildman–Crippen LogP) is 3.30. The number of anilines is 2. The molecule has 2 N–H and O–H groups in total. The van der Waals surface area contributed by atoms with Crippen molar-refractivity contribution in [2.45, 2.75) is 30.8 Å². The zero-order valence-corrected chi connectivity index (χ0v) is 20.5. The van der Waals surface area contributed by atoms with Gasteiger partial charge in [-0.05, 0) is 37.1 Å². The number of nitrogens with two attached hydrogens (primary N) is 1. The van der Waals surface area contributed by atoms with Crippen LogP contribution in [0, 0.1) is 12.8 Å². The van der Waals surface area contributed by atoms with Crippen molar-refractivity contribution in [3.63, 3.8) is 0 Å². The summed E-state index contributed by atoms with van der Waals surface area (Å²) in [5, 5.41) is 1.12. The molecule has 4 heterocycles. The number of hydrogen-bond acceptors (Lipinski definition) is 7. The minimum atomic E-state index is -0.117. The number of fused-ring (bicyclic) bond motifs is 2. The van der Waals surface area contributed by atoms with E-state index >= 15 is 0 Å². The molecule has 6 rings (SSSR count). The highest BCUT2D eigenvalue weighted by molar-refractivity contribution is 7.87. The van der Waals surface area contributed by atoms with Gasteiger partial charge in [-0.1, -0.05) is 40.5 Å². The average Bonchev–Trinajstić information content (AvgIpc) is 3.15. The molecule has 8 heteroatoms. The molecule has 0 amide bonds. The summed E-state index contributed by atoms with van der Waals surface area (Å²) in [6.07, 6.45) is 1.00. The van der Waals surface area contributed by atoms with Crippen molar-refractivity contribution in [1.82, 2.24) is 9.97 Å². The maximum absolute atomic E-state index is 6.26. The fourth-order valence-corrected chi connectivity index (χ4v) is 6.87. The summed E-state index contributed by atoms with van der Waals surface area (Å²) in [7, 11) is -0.117. The molecule has 0 radical (unpaired) electrons. The summed E-state index contributed by atoms with van der Waals surface area (Å²) in [6.45, 7) is 8.19. The standard InChI is InChI=1S/C26H32N6OS/c1-18-6-7-23-22(12-18)25(31-9-8-21(27)15-31)30-26(29-23)32-10-11-34(28-13-19-16-33-17-19)24-5-3-2-4-20(24)14-32/h2-7,12,19,21H,8-11,13-17,27H2,1H3/t21-,34?/m1/s1. The minimum Gasteiger partial charge on any atom is -0.381 e. The fraction of sp³-hybridized carbons (Fsp3) is 0.462. The second-order valence-electron chi connectivity index (χ2n) is 9.68. The molecule has 0 bridgehead atoms. The van der Waals surface area contributed by atoms with Crippen LogP contribution >= 0.6 is 0 Å². The predicted molar refractivity (Wildman–Crippen MR) is 139 cm³/mol. The minimum absolute atomic E-state index is 0.117. The Hall–Kier alpha value is -2.55. The summed E-state index contributed by atoms with van der Waals surface area (Å²) in [5.41, 5.74) is 9.80. The monoisotopic (exact) mass is 476 g/mol. The van der Waals surface area contributed by atoms with Crippen LogP contribution in [0.4, 0.5) is 11.8 Å². The van der Waals surface area contributed by atoms with E-state index in [2.05, 4.69) is 59.2 Å². The van der Waals surface area contributed by atoms with Gasteiger partial charge in [0.05, 0.1) is 25.3 Å². The van der Waals surface area contributed by atoms with Gasteiger partial charge in [0, 0.05) is 54.2 Å². The van der Waals surface area contributed by atoms with Crippen LogP contribution in [0.2, 0.25) is 0 Å². The number of aromatic nitrogens is 2. The van der Waals surface area contributed by atoms with Crippen LogP contribution in [-0.2, 0) is 22.0 Å². The molecule has 3 aliphatic rings. The first-order valence-corrected chi connectivity index (χ1v) is 13.6. The van der Waals surface area contributed by atoms with Gasteiger partial charge in [-0.25, -0.2) is 4.98 Å². The zero-order chi connectivity index (χ0) is 23.1.